The van der Waals surface area contributed by atoms with Crippen LogP contribution in [0, 0.1) is 0 Å². The number of nitrogens with zero attached hydrogens (tertiary/aromatic N) is 3. The van der Waals surface area contributed by atoms with Gasteiger partial charge in [-0.1, -0.05) is 29.5 Å². The molecule has 3 rings (SSSR count). The van der Waals surface area contributed by atoms with E-state index < -0.39 is 0 Å². The SMILES string of the molecule is CNc1nnc(-c2cccc3cnccc23)s1. The fourth-order valence-electron chi connectivity index (χ4n) is 1.74. The van der Waals surface area contributed by atoms with Crippen LogP contribution in [0.3, 0.4) is 0 Å². The Kier molecular flexibility index (Phi) is 2.45. The molecule has 3 aromatic rings. The van der Waals surface area contributed by atoms with Crippen LogP contribution in [0.5, 0.6) is 0 Å². The molecule has 0 fully saturated rings. The molecule has 1 N–H and O–H groups in total. The van der Waals surface area contributed by atoms with Gasteiger partial charge >= 0.3 is 0 Å². The molecule has 0 saturated carbocycles. The van der Waals surface area contributed by atoms with Crippen LogP contribution >= 0.6 is 11.3 Å². The second kappa shape index (κ2) is 4.10. The van der Waals surface area contributed by atoms with Crippen molar-refractivity contribution in [3.8, 4) is 10.6 Å². The Morgan fingerprint density at radius 3 is 2.94 bits per heavy atom. The second-order valence-electron chi connectivity index (χ2n) is 3.56. The molecule has 0 saturated heterocycles. The topological polar surface area (TPSA) is 50.7 Å². The van der Waals surface area contributed by atoms with Gasteiger partial charge in [-0.3, -0.25) is 4.98 Å². The predicted octanol–water partition coefficient (Wildman–Crippen LogP) is 2.80. The smallest absolute Gasteiger partial charge is 0.205 e. The molecular formula is C12H10N4S. The lowest BCUT2D eigenvalue weighted by Gasteiger charge is -2.01. The number of pyridine rings is 1. The Hall–Kier alpha value is -2.01. The third-order valence-corrected chi connectivity index (χ3v) is 3.52. The van der Waals surface area contributed by atoms with Gasteiger partial charge in [0, 0.05) is 30.4 Å². The van der Waals surface area contributed by atoms with Gasteiger partial charge in [0.25, 0.3) is 0 Å². The number of aromatic nitrogens is 3. The van der Waals surface area contributed by atoms with Crippen LogP contribution in [0.1, 0.15) is 0 Å². The molecule has 2 aromatic heterocycles. The Bertz CT molecular complexity index is 657. The monoisotopic (exact) mass is 242 g/mol. The highest BCUT2D eigenvalue weighted by atomic mass is 32.1. The third-order valence-electron chi connectivity index (χ3n) is 2.55. The van der Waals surface area contributed by atoms with Crippen molar-refractivity contribution in [1.29, 1.82) is 0 Å². The summed E-state index contributed by atoms with van der Waals surface area (Å²) in [4.78, 5) is 4.12. The number of benzene rings is 1. The predicted molar refractivity (Wildman–Crippen MR) is 70.2 cm³/mol. The lowest BCUT2D eigenvalue weighted by atomic mass is 10.1. The Morgan fingerprint density at radius 1 is 1.18 bits per heavy atom. The number of fused-ring (bicyclic) bond motifs is 1. The van der Waals surface area contributed by atoms with E-state index in [2.05, 4.69) is 26.6 Å². The lowest BCUT2D eigenvalue weighted by Crippen LogP contribution is -1.84. The summed E-state index contributed by atoms with van der Waals surface area (Å²) >= 11 is 1.55. The Labute approximate surface area is 102 Å². The second-order valence-corrected chi connectivity index (χ2v) is 4.54. The minimum atomic E-state index is 0.825. The highest BCUT2D eigenvalue weighted by molar-refractivity contribution is 7.18. The summed E-state index contributed by atoms with van der Waals surface area (Å²) in [6.45, 7) is 0. The molecule has 0 amide bonds. The number of rotatable bonds is 2. The van der Waals surface area contributed by atoms with Crippen LogP contribution in [0.2, 0.25) is 0 Å². The van der Waals surface area contributed by atoms with Gasteiger partial charge in [-0.15, -0.1) is 10.2 Å². The summed E-state index contributed by atoms with van der Waals surface area (Å²) in [7, 11) is 1.84. The summed E-state index contributed by atoms with van der Waals surface area (Å²) in [6, 6.07) is 8.12. The van der Waals surface area contributed by atoms with Gasteiger partial charge in [-0.05, 0) is 11.5 Å². The average Bonchev–Trinajstić information content (AvgIpc) is 2.87. The molecular weight excluding hydrogens is 232 g/mol. The lowest BCUT2D eigenvalue weighted by molar-refractivity contribution is 1.09. The van der Waals surface area contributed by atoms with Crippen molar-refractivity contribution in [2.45, 2.75) is 0 Å². The van der Waals surface area contributed by atoms with E-state index in [0.29, 0.717) is 0 Å². The minimum Gasteiger partial charge on any atom is -0.363 e. The number of hydrogen-bond acceptors (Lipinski definition) is 5. The first-order valence-electron chi connectivity index (χ1n) is 5.23. The zero-order chi connectivity index (χ0) is 11.7. The standard InChI is InChI=1S/C12H10N4S/c1-13-12-16-15-11(17-12)10-4-2-3-8-7-14-6-5-9(8)10/h2-7H,1H3,(H,13,16). The van der Waals surface area contributed by atoms with E-state index in [1.54, 1.807) is 17.5 Å². The first-order chi connectivity index (χ1) is 8.38. The fourth-order valence-corrected chi connectivity index (χ4v) is 2.48. The molecule has 0 aliphatic carbocycles. The van der Waals surface area contributed by atoms with Crippen LogP contribution < -0.4 is 5.32 Å². The molecule has 0 aliphatic rings. The molecule has 1 aromatic carbocycles. The van der Waals surface area contributed by atoms with E-state index in [9.17, 15) is 0 Å². The van der Waals surface area contributed by atoms with Gasteiger partial charge < -0.3 is 5.32 Å². The normalized spacial score (nSPS) is 10.6. The van der Waals surface area contributed by atoms with Crippen LogP contribution in [-0.4, -0.2) is 22.2 Å². The molecule has 0 atom stereocenters. The Morgan fingerprint density at radius 2 is 2.12 bits per heavy atom. The molecule has 0 bridgehead atoms. The Balaban J connectivity index is 2.23. The summed E-state index contributed by atoms with van der Waals surface area (Å²) in [5.41, 5.74) is 1.10. The minimum absolute atomic E-state index is 0.825. The van der Waals surface area contributed by atoms with Crippen LogP contribution in [0.25, 0.3) is 21.3 Å². The third kappa shape index (κ3) is 1.74. The summed E-state index contributed by atoms with van der Waals surface area (Å²) in [5.74, 6) is 0. The van der Waals surface area contributed by atoms with Crippen molar-refractivity contribution in [3.05, 3.63) is 36.7 Å². The summed E-state index contributed by atoms with van der Waals surface area (Å²) < 4.78 is 0. The molecule has 84 valence electrons. The molecule has 0 radical (unpaired) electrons. The van der Waals surface area contributed by atoms with Gasteiger partial charge in [0.1, 0.15) is 5.01 Å². The van der Waals surface area contributed by atoms with Gasteiger partial charge in [-0.2, -0.15) is 0 Å². The maximum atomic E-state index is 4.19. The molecule has 2 heterocycles. The molecule has 5 heteroatoms. The highest BCUT2D eigenvalue weighted by Crippen LogP contribution is 2.31. The van der Waals surface area contributed by atoms with Gasteiger partial charge in [0.15, 0.2) is 0 Å². The zero-order valence-corrected chi connectivity index (χ0v) is 10.0. The summed E-state index contributed by atoms with van der Waals surface area (Å²) in [5, 5.41) is 15.3. The largest absolute Gasteiger partial charge is 0.363 e. The van der Waals surface area contributed by atoms with Crippen LogP contribution in [-0.2, 0) is 0 Å². The maximum absolute atomic E-state index is 4.19. The number of nitrogens with one attached hydrogen (secondary N) is 1. The van der Waals surface area contributed by atoms with Crippen LogP contribution in [0.4, 0.5) is 5.13 Å². The van der Waals surface area contributed by atoms with Gasteiger partial charge in [-0.25, -0.2) is 0 Å². The number of hydrogen-bond donors (Lipinski definition) is 1. The first-order valence-corrected chi connectivity index (χ1v) is 6.04. The van der Waals surface area contributed by atoms with Gasteiger partial charge in [0.2, 0.25) is 5.13 Å². The van der Waals surface area contributed by atoms with Gasteiger partial charge in [0.05, 0.1) is 0 Å². The van der Waals surface area contributed by atoms with Crippen molar-refractivity contribution in [1.82, 2.24) is 15.2 Å². The maximum Gasteiger partial charge on any atom is 0.205 e. The molecule has 0 aliphatic heterocycles. The quantitative estimate of drug-likeness (QED) is 0.750. The average molecular weight is 242 g/mol. The van der Waals surface area contributed by atoms with Crippen molar-refractivity contribution in [3.63, 3.8) is 0 Å². The van der Waals surface area contributed by atoms with Crippen molar-refractivity contribution >= 4 is 27.2 Å². The van der Waals surface area contributed by atoms with Crippen LogP contribution in [0.15, 0.2) is 36.7 Å². The van der Waals surface area contributed by atoms with E-state index in [0.717, 1.165) is 26.5 Å². The van der Waals surface area contributed by atoms with E-state index in [1.165, 1.54) is 0 Å². The first kappa shape index (κ1) is 10.2. The molecule has 0 unspecified atom stereocenters. The van der Waals surface area contributed by atoms with Crippen molar-refractivity contribution in [2.24, 2.45) is 0 Å². The molecule has 4 nitrogen and oxygen atoms in total. The van der Waals surface area contributed by atoms with E-state index >= 15 is 0 Å². The van der Waals surface area contributed by atoms with E-state index in [4.69, 9.17) is 0 Å². The summed E-state index contributed by atoms with van der Waals surface area (Å²) in [6.07, 6.45) is 3.66. The molecule has 0 spiro atoms. The highest BCUT2D eigenvalue weighted by Gasteiger charge is 2.08. The van der Waals surface area contributed by atoms with Crippen molar-refractivity contribution in [2.75, 3.05) is 12.4 Å². The van der Waals surface area contributed by atoms with E-state index in [1.807, 2.05) is 31.4 Å². The number of anilines is 1. The van der Waals surface area contributed by atoms with Crippen molar-refractivity contribution < 1.29 is 0 Å². The zero-order valence-electron chi connectivity index (χ0n) is 9.21. The fraction of sp³-hybridized carbons (Fsp3) is 0.0833. The molecule has 17 heavy (non-hydrogen) atoms. The van der Waals surface area contributed by atoms with E-state index in [-0.39, 0.29) is 0 Å².